The lowest BCUT2D eigenvalue weighted by molar-refractivity contribution is 0.0708. The van der Waals surface area contributed by atoms with Gasteiger partial charge in [-0.05, 0) is 14.0 Å². The Hall–Kier alpha value is -1.09. The molecule has 0 aliphatic carbocycles. The molecule has 1 aliphatic rings. The Morgan fingerprint density at radius 1 is 1.55 bits per heavy atom. The van der Waals surface area contributed by atoms with Gasteiger partial charge in [0.15, 0.2) is 0 Å². The standard InChI is InChI=1S/C11H17N3O4S.ClH/c1-8-6-14(4-3-13-8)11(15)9-5-10(18-7-9)19(16,17)12-2;/h5,7-8,12-13H,3-4,6H2,1-2H3;1H/t8-;/m1./s1. The third-order valence-electron chi connectivity index (χ3n) is 3.01. The van der Waals surface area contributed by atoms with Gasteiger partial charge in [-0.25, -0.2) is 13.1 Å². The predicted octanol–water partition coefficient (Wildman–Crippen LogP) is 0.0434. The number of hydrogen-bond acceptors (Lipinski definition) is 5. The van der Waals surface area contributed by atoms with E-state index < -0.39 is 10.0 Å². The second kappa shape index (κ2) is 6.57. The Labute approximate surface area is 124 Å². The van der Waals surface area contributed by atoms with E-state index in [2.05, 4.69) is 10.0 Å². The number of nitrogens with zero attached hydrogens (tertiary/aromatic N) is 1. The van der Waals surface area contributed by atoms with Crippen molar-refractivity contribution in [1.29, 1.82) is 0 Å². The summed E-state index contributed by atoms with van der Waals surface area (Å²) in [4.78, 5) is 13.9. The van der Waals surface area contributed by atoms with E-state index in [1.54, 1.807) is 4.90 Å². The Morgan fingerprint density at radius 2 is 2.25 bits per heavy atom. The van der Waals surface area contributed by atoms with Gasteiger partial charge in [0.05, 0.1) is 5.56 Å². The molecule has 0 bridgehead atoms. The highest BCUT2D eigenvalue weighted by atomic mass is 35.5. The van der Waals surface area contributed by atoms with Crippen molar-refractivity contribution in [2.45, 2.75) is 18.1 Å². The molecular formula is C11H18ClN3O4S. The summed E-state index contributed by atoms with van der Waals surface area (Å²) in [6.45, 7) is 3.92. The number of amides is 1. The molecule has 1 atom stereocenters. The summed E-state index contributed by atoms with van der Waals surface area (Å²) in [5, 5.41) is 2.99. The highest BCUT2D eigenvalue weighted by Crippen LogP contribution is 2.16. The molecule has 0 spiro atoms. The zero-order valence-corrected chi connectivity index (χ0v) is 12.9. The third-order valence-corrected chi connectivity index (χ3v) is 4.29. The summed E-state index contributed by atoms with van der Waals surface area (Å²) in [6, 6.07) is 1.48. The lowest BCUT2D eigenvalue weighted by Crippen LogP contribution is -2.51. The van der Waals surface area contributed by atoms with Gasteiger partial charge in [-0.3, -0.25) is 4.79 Å². The van der Waals surface area contributed by atoms with Crippen molar-refractivity contribution in [2.75, 3.05) is 26.7 Å². The first-order valence-corrected chi connectivity index (χ1v) is 7.47. The SMILES string of the molecule is CNS(=O)(=O)c1cc(C(=O)N2CCN[C@H](C)C2)co1.Cl. The summed E-state index contributed by atoms with van der Waals surface area (Å²) < 4.78 is 30.1. The van der Waals surface area contributed by atoms with Crippen LogP contribution in [0.3, 0.4) is 0 Å². The van der Waals surface area contributed by atoms with Crippen LogP contribution in [0.5, 0.6) is 0 Å². The average Bonchev–Trinajstić information content (AvgIpc) is 2.88. The monoisotopic (exact) mass is 323 g/mol. The van der Waals surface area contributed by atoms with Crippen LogP contribution in [0.25, 0.3) is 0 Å². The molecule has 2 N–H and O–H groups in total. The summed E-state index contributed by atoms with van der Waals surface area (Å²) >= 11 is 0. The number of halogens is 1. The van der Waals surface area contributed by atoms with Gasteiger partial charge in [0.25, 0.3) is 15.9 Å². The molecule has 0 aromatic carbocycles. The fourth-order valence-electron chi connectivity index (χ4n) is 1.97. The molecule has 114 valence electrons. The highest BCUT2D eigenvalue weighted by Gasteiger charge is 2.25. The van der Waals surface area contributed by atoms with Gasteiger partial charge in [-0.15, -0.1) is 12.4 Å². The molecule has 0 saturated carbocycles. The van der Waals surface area contributed by atoms with Gasteiger partial charge < -0.3 is 14.6 Å². The number of hydrogen-bond donors (Lipinski definition) is 2. The lowest BCUT2D eigenvalue weighted by atomic mass is 10.2. The van der Waals surface area contributed by atoms with Crippen LogP contribution in [-0.2, 0) is 10.0 Å². The molecule has 0 radical (unpaired) electrons. The van der Waals surface area contributed by atoms with Gasteiger partial charge >= 0.3 is 0 Å². The van der Waals surface area contributed by atoms with Crippen LogP contribution in [0.4, 0.5) is 0 Å². The minimum absolute atomic E-state index is 0. The van der Waals surface area contributed by atoms with Crippen molar-refractivity contribution >= 4 is 28.3 Å². The zero-order valence-electron chi connectivity index (χ0n) is 11.3. The van der Waals surface area contributed by atoms with E-state index >= 15 is 0 Å². The van der Waals surface area contributed by atoms with Crippen LogP contribution in [0.2, 0.25) is 0 Å². The maximum atomic E-state index is 12.2. The molecule has 7 nitrogen and oxygen atoms in total. The second-order valence-corrected chi connectivity index (χ2v) is 6.29. The number of furan rings is 1. The summed E-state index contributed by atoms with van der Waals surface area (Å²) in [7, 11) is -2.36. The van der Waals surface area contributed by atoms with Crippen molar-refractivity contribution in [3.63, 3.8) is 0 Å². The lowest BCUT2D eigenvalue weighted by Gasteiger charge is -2.31. The van der Waals surface area contributed by atoms with E-state index in [4.69, 9.17) is 4.42 Å². The molecule has 1 aromatic rings. The fourth-order valence-corrected chi connectivity index (χ4v) is 2.63. The molecule has 1 fully saturated rings. The number of carbonyl (C=O) groups excluding carboxylic acids is 1. The summed E-state index contributed by atoms with van der Waals surface area (Å²) in [5.74, 6) is -0.213. The second-order valence-electron chi connectivity index (χ2n) is 4.47. The van der Waals surface area contributed by atoms with Crippen LogP contribution in [-0.4, -0.2) is 51.9 Å². The number of piperazine rings is 1. The normalized spacial score (nSPS) is 19.5. The molecular weight excluding hydrogens is 306 g/mol. The third kappa shape index (κ3) is 3.51. The molecule has 1 aliphatic heterocycles. The Bertz CT molecular complexity index is 572. The van der Waals surface area contributed by atoms with Crippen molar-refractivity contribution in [2.24, 2.45) is 0 Å². The molecule has 0 unspecified atom stereocenters. The maximum Gasteiger partial charge on any atom is 0.273 e. The van der Waals surface area contributed by atoms with E-state index in [9.17, 15) is 13.2 Å². The van der Waals surface area contributed by atoms with E-state index in [0.29, 0.717) is 13.1 Å². The van der Waals surface area contributed by atoms with Gasteiger partial charge in [-0.2, -0.15) is 0 Å². The summed E-state index contributed by atoms with van der Waals surface area (Å²) in [6.07, 6.45) is 1.18. The predicted molar refractivity (Wildman–Crippen MR) is 75.6 cm³/mol. The smallest absolute Gasteiger partial charge is 0.273 e. The fraction of sp³-hybridized carbons (Fsp3) is 0.545. The largest absolute Gasteiger partial charge is 0.451 e. The number of sulfonamides is 1. The van der Waals surface area contributed by atoms with Crippen molar-refractivity contribution in [3.05, 3.63) is 17.9 Å². The topological polar surface area (TPSA) is 91.7 Å². The number of nitrogens with one attached hydrogen (secondary N) is 2. The Balaban J connectivity index is 0.00000200. The minimum Gasteiger partial charge on any atom is -0.451 e. The van der Waals surface area contributed by atoms with E-state index in [0.717, 1.165) is 6.54 Å². The molecule has 1 amide bonds. The van der Waals surface area contributed by atoms with Crippen molar-refractivity contribution in [1.82, 2.24) is 14.9 Å². The minimum atomic E-state index is -3.65. The zero-order chi connectivity index (χ0) is 14.0. The average molecular weight is 324 g/mol. The Morgan fingerprint density at radius 3 is 2.85 bits per heavy atom. The molecule has 20 heavy (non-hydrogen) atoms. The van der Waals surface area contributed by atoms with Crippen LogP contribution < -0.4 is 10.0 Å². The molecule has 1 saturated heterocycles. The first-order chi connectivity index (χ1) is 8.94. The van der Waals surface area contributed by atoms with Crippen LogP contribution in [0, 0.1) is 0 Å². The van der Waals surface area contributed by atoms with Gasteiger partial charge in [-0.1, -0.05) is 0 Å². The number of carbonyl (C=O) groups is 1. The van der Waals surface area contributed by atoms with Gasteiger partial charge in [0, 0.05) is 31.7 Å². The quantitative estimate of drug-likeness (QED) is 0.819. The summed E-state index contributed by atoms with van der Waals surface area (Å²) in [5.41, 5.74) is 0.253. The van der Waals surface area contributed by atoms with E-state index in [1.807, 2.05) is 6.92 Å². The number of rotatable bonds is 3. The van der Waals surface area contributed by atoms with Crippen molar-refractivity contribution in [3.8, 4) is 0 Å². The Kier molecular flexibility index (Phi) is 5.58. The molecule has 1 aromatic heterocycles. The van der Waals surface area contributed by atoms with Crippen LogP contribution in [0.15, 0.2) is 21.8 Å². The first-order valence-electron chi connectivity index (χ1n) is 5.99. The molecule has 2 heterocycles. The highest BCUT2D eigenvalue weighted by molar-refractivity contribution is 7.89. The van der Waals surface area contributed by atoms with Gasteiger partial charge in [0.1, 0.15) is 6.26 Å². The van der Waals surface area contributed by atoms with Crippen molar-refractivity contribution < 1.29 is 17.6 Å². The van der Waals surface area contributed by atoms with E-state index in [-0.39, 0.29) is 35.0 Å². The molecule has 2 rings (SSSR count). The van der Waals surface area contributed by atoms with Crippen LogP contribution in [0.1, 0.15) is 17.3 Å². The molecule has 9 heteroatoms. The maximum absolute atomic E-state index is 12.2. The van der Waals surface area contributed by atoms with E-state index in [1.165, 1.54) is 19.4 Å². The first kappa shape index (κ1) is 17.0. The van der Waals surface area contributed by atoms with Gasteiger partial charge in [0.2, 0.25) is 5.09 Å². The van der Waals surface area contributed by atoms with Crippen LogP contribution >= 0.6 is 12.4 Å².